The molecule has 2 nitrogen and oxygen atoms in total. The number of nitrogens with two attached hydrogens (primary N) is 1. The number of benzene rings is 2. The molecule has 3 rings (SSSR count). The van der Waals surface area contributed by atoms with Crippen LogP contribution < -0.4 is 10.6 Å². The van der Waals surface area contributed by atoms with Crippen molar-refractivity contribution >= 4 is 11.4 Å². The molecule has 0 fully saturated rings. The van der Waals surface area contributed by atoms with Gasteiger partial charge < -0.3 is 10.6 Å². The predicted molar refractivity (Wildman–Crippen MR) is 81.4 cm³/mol. The Bertz CT molecular complexity index is 572. The van der Waals surface area contributed by atoms with E-state index in [2.05, 4.69) is 48.2 Å². The summed E-state index contributed by atoms with van der Waals surface area (Å²) in [6.07, 6.45) is 2.35. The van der Waals surface area contributed by atoms with Crippen LogP contribution in [0.2, 0.25) is 0 Å². The number of nitrogen functional groups attached to an aromatic ring is 1. The molecule has 0 radical (unpaired) electrons. The summed E-state index contributed by atoms with van der Waals surface area (Å²) < 4.78 is 0. The summed E-state index contributed by atoms with van der Waals surface area (Å²) in [5, 5.41) is 0. The van der Waals surface area contributed by atoms with Crippen molar-refractivity contribution in [3.05, 3.63) is 59.2 Å². The lowest BCUT2D eigenvalue weighted by molar-refractivity contribution is 0.691. The molecule has 2 aromatic rings. The highest BCUT2D eigenvalue weighted by molar-refractivity contribution is 5.61. The molecule has 1 aliphatic heterocycles. The van der Waals surface area contributed by atoms with Gasteiger partial charge in [-0.3, -0.25) is 0 Å². The molecule has 0 saturated heterocycles. The van der Waals surface area contributed by atoms with Gasteiger partial charge in [0.15, 0.2) is 0 Å². The molecule has 2 heteroatoms. The van der Waals surface area contributed by atoms with E-state index >= 15 is 0 Å². The number of hydrogen-bond donors (Lipinski definition) is 1. The molecule has 98 valence electrons. The number of hydrogen-bond acceptors (Lipinski definition) is 2. The summed E-state index contributed by atoms with van der Waals surface area (Å²) in [7, 11) is 0. The summed E-state index contributed by atoms with van der Waals surface area (Å²) in [4.78, 5) is 2.46. The highest BCUT2D eigenvalue weighted by Gasteiger charge is 2.16. The molecule has 2 aromatic carbocycles. The summed E-state index contributed by atoms with van der Waals surface area (Å²) in [6, 6.07) is 15.1. The Balaban J connectivity index is 1.85. The van der Waals surface area contributed by atoms with E-state index in [4.69, 9.17) is 5.73 Å². The first kappa shape index (κ1) is 12.1. The van der Waals surface area contributed by atoms with Crippen molar-refractivity contribution in [2.45, 2.75) is 26.3 Å². The zero-order valence-electron chi connectivity index (χ0n) is 11.4. The number of nitrogens with zero attached hydrogens (tertiary/aromatic N) is 1. The van der Waals surface area contributed by atoms with Crippen LogP contribution >= 0.6 is 0 Å². The van der Waals surface area contributed by atoms with E-state index in [9.17, 15) is 0 Å². The van der Waals surface area contributed by atoms with Gasteiger partial charge in [0, 0.05) is 24.5 Å². The Labute approximate surface area is 114 Å². The van der Waals surface area contributed by atoms with Gasteiger partial charge in [0.25, 0.3) is 0 Å². The molecule has 0 atom stereocenters. The molecule has 1 heterocycles. The van der Waals surface area contributed by atoms with E-state index in [0.717, 1.165) is 25.2 Å². The third-order valence-electron chi connectivity index (χ3n) is 3.81. The second-order valence-electron chi connectivity index (χ2n) is 5.40. The quantitative estimate of drug-likeness (QED) is 0.828. The number of aryl methyl sites for hydroxylation is 2. The van der Waals surface area contributed by atoms with E-state index < -0.39 is 0 Å². The average Bonchev–Trinajstić information content (AvgIpc) is 2.41. The lowest BCUT2D eigenvalue weighted by Gasteiger charge is -2.31. The molecular weight excluding hydrogens is 232 g/mol. The molecule has 0 unspecified atom stereocenters. The minimum Gasteiger partial charge on any atom is -0.399 e. The lowest BCUT2D eigenvalue weighted by atomic mass is 10.0. The van der Waals surface area contributed by atoms with Gasteiger partial charge in [-0.1, -0.05) is 29.8 Å². The van der Waals surface area contributed by atoms with Crippen molar-refractivity contribution in [1.29, 1.82) is 0 Å². The van der Waals surface area contributed by atoms with Crippen molar-refractivity contribution in [2.24, 2.45) is 0 Å². The first-order chi connectivity index (χ1) is 9.22. The zero-order valence-corrected chi connectivity index (χ0v) is 11.4. The van der Waals surface area contributed by atoms with Crippen LogP contribution in [0.5, 0.6) is 0 Å². The van der Waals surface area contributed by atoms with Crippen molar-refractivity contribution in [1.82, 2.24) is 0 Å². The average molecular weight is 252 g/mol. The lowest BCUT2D eigenvalue weighted by Crippen LogP contribution is -2.28. The number of anilines is 2. The Morgan fingerprint density at radius 1 is 1.11 bits per heavy atom. The first-order valence-electron chi connectivity index (χ1n) is 6.91. The maximum Gasteiger partial charge on any atom is 0.0429 e. The van der Waals surface area contributed by atoms with Gasteiger partial charge in [-0.05, 0) is 49.1 Å². The molecule has 0 bridgehead atoms. The van der Waals surface area contributed by atoms with Crippen LogP contribution in [0.15, 0.2) is 42.5 Å². The van der Waals surface area contributed by atoms with Gasteiger partial charge in [-0.25, -0.2) is 0 Å². The molecule has 0 spiro atoms. The number of rotatable bonds is 2. The van der Waals surface area contributed by atoms with E-state index in [1.807, 2.05) is 6.07 Å². The highest BCUT2D eigenvalue weighted by Crippen LogP contribution is 2.29. The van der Waals surface area contributed by atoms with E-state index in [0.29, 0.717) is 0 Å². The summed E-state index contributed by atoms with van der Waals surface area (Å²) in [6.45, 7) is 4.24. The molecule has 0 amide bonds. The predicted octanol–water partition coefficient (Wildman–Crippen LogP) is 3.53. The Morgan fingerprint density at radius 3 is 2.68 bits per heavy atom. The number of fused-ring (bicyclic) bond motifs is 1. The van der Waals surface area contributed by atoms with Gasteiger partial charge in [0.1, 0.15) is 0 Å². The molecular formula is C17H20N2. The van der Waals surface area contributed by atoms with Gasteiger partial charge in [-0.15, -0.1) is 0 Å². The van der Waals surface area contributed by atoms with Gasteiger partial charge in [0.05, 0.1) is 0 Å². The van der Waals surface area contributed by atoms with Gasteiger partial charge in [0.2, 0.25) is 0 Å². The Morgan fingerprint density at radius 2 is 1.89 bits per heavy atom. The van der Waals surface area contributed by atoms with Crippen LogP contribution in [-0.4, -0.2) is 6.54 Å². The highest BCUT2D eigenvalue weighted by atomic mass is 15.1. The van der Waals surface area contributed by atoms with Crippen LogP contribution in [-0.2, 0) is 13.0 Å². The van der Waals surface area contributed by atoms with E-state index in [1.165, 1.54) is 28.8 Å². The summed E-state index contributed by atoms with van der Waals surface area (Å²) in [5.41, 5.74) is 12.2. The van der Waals surface area contributed by atoms with Gasteiger partial charge >= 0.3 is 0 Å². The maximum atomic E-state index is 5.88. The molecule has 0 saturated carbocycles. The van der Waals surface area contributed by atoms with Crippen LogP contribution in [0, 0.1) is 6.92 Å². The third kappa shape index (κ3) is 2.58. The minimum absolute atomic E-state index is 0.871. The van der Waals surface area contributed by atoms with Crippen molar-refractivity contribution in [3.8, 4) is 0 Å². The standard InChI is InChI=1S/C17H20N2/c1-13-4-6-14(7-5-13)12-19-10-2-3-15-11-16(18)8-9-17(15)19/h4-9,11H,2-3,10,12,18H2,1H3. The van der Waals surface area contributed by atoms with Crippen molar-refractivity contribution < 1.29 is 0 Å². The van der Waals surface area contributed by atoms with Crippen molar-refractivity contribution in [3.63, 3.8) is 0 Å². The minimum atomic E-state index is 0.871. The van der Waals surface area contributed by atoms with Crippen LogP contribution in [0.25, 0.3) is 0 Å². The van der Waals surface area contributed by atoms with Crippen LogP contribution in [0.4, 0.5) is 11.4 Å². The normalized spacial score (nSPS) is 14.3. The monoisotopic (exact) mass is 252 g/mol. The summed E-state index contributed by atoms with van der Waals surface area (Å²) >= 11 is 0. The Hall–Kier alpha value is -1.96. The van der Waals surface area contributed by atoms with E-state index in [-0.39, 0.29) is 0 Å². The largest absolute Gasteiger partial charge is 0.399 e. The molecule has 19 heavy (non-hydrogen) atoms. The molecule has 0 aromatic heterocycles. The first-order valence-corrected chi connectivity index (χ1v) is 6.91. The second kappa shape index (κ2) is 4.96. The fourth-order valence-electron chi connectivity index (χ4n) is 2.77. The van der Waals surface area contributed by atoms with Crippen LogP contribution in [0.3, 0.4) is 0 Å². The maximum absolute atomic E-state index is 5.88. The molecule has 2 N–H and O–H groups in total. The topological polar surface area (TPSA) is 29.3 Å². The van der Waals surface area contributed by atoms with Crippen LogP contribution in [0.1, 0.15) is 23.1 Å². The van der Waals surface area contributed by atoms with Gasteiger partial charge in [-0.2, -0.15) is 0 Å². The summed E-state index contributed by atoms with van der Waals surface area (Å²) in [5.74, 6) is 0. The Kier molecular flexibility index (Phi) is 3.16. The molecule has 1 aliphatic rings. The van der Waals surface area contributed by atoms with Crippen molar-refractivity contribution in [2.75, 3.05) is 17.2 Å². The van der Waals surface area contributed by atoms with E-state index in [1.54, 1.807) is 0 Å². The fourth-order valence-corrected chi connectivity index (χ4v) is 2.77. The molecule has 0 aliphatic carbocycles. The third-order valence-corrected chi connectivity index (χ3v) is 3.81. The zero-order chi connectivity index (χ0) is 13.2. The second-order valence-corrected chi connectivity index (χ2v) is 5.40. The smallest absolute Gasteiger partial charge is 0.0429 e. The fraction of sp³-hybridized carbons (Fsp3) is 0.294. The SMILES string of the molecule is Cc1ccc(CN2CCCc3cc(N)ccc32)cc1.